The Hall–Kier alpha value is -0.960. The van der Waals surface area contributed by atoms with Crippen molar-refractivity contribution >= 4 is 26.8 Å². The first-order valence-electron chi connectivity index (χ1n) is 3.90. The van der Waals surface area contributed by atoms with E-state index < -0.39 is 0 Å². The number of para-hydroxylation sites is 1. The van der Waals surface area contributed by atoms with Crippen LogP contribution in [-0.4, -0.2) is 4.98 Å². The maximum atomic E-state index is 12.8. The molecule has 0 aliphatic rings. The first kappa shape index (κ1) is 8.63. The Bertz CT molecular complexity index is 442. The maximum absolute atomic E-state index is 12.8. The van der Waals surface area contributed by atoms with Gasteiger partial charge in [-0.25, -0.2) is 4.39 Å². The third-order valence-corrected chi connectivity index (χ3v) is 2.51. The standard InChI is InChI=1S/C10H7BrFN/c11-5-8-3-1-2-7-4-9(12)6-13-10(7)8/h1-4,6H,5H2. The van der Waals surface area contributed by atoms with Crippen molar-refractivity contribution < 1.29 is 4.39 Å². The fourth-order valence-electron chi connectivity index (χ4n) is 1.30. The average molecular weight is 240 g/mol. The molecular weight excluding hydrogens is 233 g/mol. The molecule has 1 heterocycles. The largest absolute Gasteiger partial charge is 0.253 e. The lowest BCUT2D eigenvalue weighted by molar-refractivity contribution is 0.624. The zero-order chi connectivity index (χ0) is 9.26. The van der Waals surface area contributed by atoms with Crippen LogP contribution in [0.4, 0.5) is 4.39 Å². The zero-order valence-corrected chi connectivity index (χ0v) is 8.38. The number of halogens is 2. The summed E-state index contributed by atoms with van der Waals surface area (Å²) < 4.78 is 12.8. The third kappa shape index (κ3) is 1.56. The number of hydrogen-bond acceptors (Lipinski definition) is 1. The molecule has 0 saturated heterocycles. The number of pyridine rings is 1. The number of nitrogens with zero attached hydrogens (tertiary/aromatic N) is 1. The predicted molar refractivity (Wildman–Crippen MR) is 54.3 cm³/mol. The first-order valence-corrected chi connectivity index (χ1v) is 5.02. The summed E-state index contributed by atoms with van der Waals surface area (Å²) in [5.74, 6) is -0.292. The smallest absolute Gasteiger partial charge is 0.142 e. The zero-order valence-electron chi connectivity index (χ0n) is 6.80. The van der Waals surface area contributed by atoms with Crippen LogP contribution in [0.2, 0.25) is 0 Å². The maximum Gasteiger partial charge on any atom is 0.142 e. The molecule has 3 heteroatoms. The van der Waals surface area contributed by atoms with Gasteiger partial charge in [0.15, 0.2) is 0 Å². The minimum absolute atomic E-state index is 0.292. The minimum atomic E-state index is -0.292. The van der Waals surface area contributed by atoms with Gasteiger partial charge in [-0.3, -0.25) is 4.98 Å². The van der Waals surface area contributed by atoms with E-state index in [0.29, 0.717) is 0 Å². The van der Waals surface area contributed by atoms with Crippen LogP contribution in [0.15, 0.2) is 30.5 Å². The summed E-state index contributed by atoms with van der Waals surface area (Å²) in [4.78, 5) is 4.05. The molecule has 0 bridgehead atoms. The van der Waals surface area contributed by atoms with Crippen molar-refractivity contribution in [2.75, 3.05) is 0 Å². The second-order valence-corrected chi connectivity index (χ2v) is 3.34. The highest BCUT2D eigenvalue weighted by Crippen LogP contribution is 2.18. The summed E-state index contributed by atoms with van der Waals surface area (Å²) in [6, 6.07) is 7.23. The molecule has 0 fully saturated rings. The lowest BCUT2D eigenvalue weighted by Gasteiger charge is -2.01. The molecule has 0 spiro atoms. The minimum Gasteiger partial charge on any atom is -0.253 e. The van der Waals surface area contributed by atoms with Crippen molar-refractivity contribution in [3.8, 4) is 0 Å². The molecule has 2 rings (SSSR count). The number of aromatic nitrogens is 1. The molecule has 1 aromatic heterocycles. The molecule has 0 radical (unpaired) electrons. The van der Waals surface area contributed by atoms with E-state index in [2.05, 4.69) is 20.9 Å². The predicted octanol–water partition coefficient (Wildman–Crippen LogP) is 3.27. The van der Waals surface area contributed by atoms with Crippen molar-refractivity contribution in [2.45, 2.75) is 5.33 Å². The topological polar surface area (TPSA) is 12.9 Å². The lowest BCUT2D eigenvalue weighted by Crippen LogP contribution is -1.86. The number of hydrogen-bond donors (Lipinski definition) is 0. The van der Waals surface area contributed by atoms with Crippen LogP contribution in [0.3, 0.4) is 0 Å². The Labute approximate surface area is 83.7 Å². The highest BCUT2D eigenvalue weighted by molar-refractivity contribution is 9.08. The molecule has 0 aliphatic heterocycles. The molecule has 66 valence electrons. The number of alkyl halides is 1. The molecule has 1 nitrogen and oxygen atoms in total. The van der Waals surface area contributed by atoms with Gasteiger partial charge in [0.25, 0.3) is 0 Å². The van der Waals surface area contributed by atoms with Gasteiger partial charge in [-0.05, 0) is 11.6 Å². The van der Waals surface area contributed by atoms with Crippen molar-refractivity contribution in [1.29, 1.82) is 0 Å². The molecule has 13 heavy (non-hydrogen) atoms. The van der Waals surface area contributed by atoms with Crippen LogP contribution < -0.4 is 0 Å². The van der Waals surface area contributed by atoms with Gasteiger partial charge in [-0.15, -0.1) is 0 Å². The van der Waals surface area contributed by atoms with Crippen LogP contribution in [0.5, 0.6) is 0 Å². The van der Waals surface area contributed by atoms with Crippen LogP contribution in [0, 0.1) is 5.82 Å². The molecule has 0 amide bonds. The summed E-state index contributed by atoms with van der Waals surface area (Å²) in [6.45, 7) is 0. The van der Waals surface area contributed by atoms with Crippen LogP contribution >= 0.6 is 15.9 Å². The van der Waals surface area contributed by atoms with E-state index in [1.54, 1.807) is 0 Å². The Kier molecular flexibility index (Phi) is 2.27. The molecule has 2 aromatic rings. The second-order valence-electron chi connectivity index (χ2n) is 2.78. The van der Waals surface area contributed by atoms with E-state index in [4.69, 9.17) is 0 Å². The van der Waals surface area contributed by atoms with Gasteiger partial charge < -0.3 is 0 Å². The second kappa shape index (κ2) is 3.42. The number of fused-ring (bicyclic) bond motifs is 1. The monoisotopic (exact) mass is 239 g/mol. The Morgan fingerprint density at radius 2 is 2.23 bits per heavy atom. The van der Waals surface area contributed by atoms with Gasteiger partial charge in [0, 0.05) is 10.7 Å². The normalized spacial score (nSPS) is 10.6. The molecule has 0 aliphatic carbocycles. The van der Waals surface area contributed by atoms with E-state index in [1.807, 2.05) is 18.2 Å². The van der Waals surface area contributed by atoms with Gasteiger partial charge >= 0.3 is 0 Å². The van der Waals surface area contributed by atoms with Gasteiger partial charge in [-0.2, -0.15) is 0 Å². The van der Waals surface area contributed by atoms with Crippen molar-refractivity contribution in [3.63, 3.8) is 0 Å². The average Bonchev–Trinajstić information content (AvgIpc) is 2.16. The first-order chi connectivity index (χ1) is 6.31. The Morgan fingerprint density at radius 3 is 3.00 bits per heavy atom. The van der Waals surface area contributed by atoms with Gasteiger partial charge in [-0.1, -0.05) is 34.1 Å². The third-order valence-electron chi connectivity index (χ3n) is 1.91. The molecule has 0 atom stereocenters. The number of benzene rings is 1. The highest BCUT2D eigenvalue weighted by atomic mass is 79.9. The molecular formula is C10H7BrFN. The SMILES string of the molecule is Fc1cnc2c(CBr)cccc2c1. The summed E-state index contributed by atoms with van der Waals surface area (Å²) in [7, 11) is 0. The fraction of sp³-hybridized carbons (Fsp3) is 0.100. The van der Waals surface area contributed by atoms with Crippen molar-refractivity contribution in [1.82, 2.24) is 4.98 Å². The molecule has 1 aromatic carbocycles. The highest BCUT2D eigenvalue weighted by Gasteiger charge is 2.01. The summed E-state index contributed by atoms with van der Waals surface area (Å²) in [5.41, 5.74) is 1.94. The van der Waals surface area contributed by atoms with E-state index in [-0.39, 0.29) is 5.82 Å². The van der Waals surface area contributed by atoms with Gasteiger partial charge in [0.05, 0.1) is 11.7 Å². The molecule has 0 unspecified atom stereocenters. The van der Waals surface area contributed by atoms with Crippen LogP contribution in [0.1, 0.15) is 5.56 Å². The quantitative estimate of drug-likeness (QED) is 0.697. The summed E-state index contributed by atoms with van der Waals surface area (Å²) in [5, 5.41) is 1.58. The lowest BCUT2D eigenvalue weighted by atomic mass is 10.1. The van der Waals surface area contributed by atoms with Crippen LogP contribution in [-0.2, 0) is 5.33 Å². The molecule has 0 N–H and O–H groups in total. The van der Waals surface area contributed by atoms with Crippen molar-refractivity contribution in [2.24, 2.45) is 0 Å². The molecule has 0 saturated carbocycles. The van der Waals surface area contributed by atoms with E-state index in [0.717, 1.165) is 21.8 Å². The van der Waals surface area contributed by atoms with E-state index >= 15 is 0 Å². The Morgan fingerprint density at radius 1 is 1.38 bits per heavy atom. The Balaban J connectivity index is 2.77. The van der Waals surface area contributed by atoms with Crippen LogP contribution in [0.25, 0.3) is 10.9 Å². The summed E-state index contributed by atoms with van der Waals surface area (Å²) in [6.07, 6.45) is 1.24. The van der Waals surface area contributed by atoms with Gasteiger partial charge in [0.2, 0.25) is 0 Å². The van der Waals surface area contributed by atoms with E-state index in [9.17, 15) is 4.39 Å². The van der Waals surface area contributed by atoms with Gasteiger partial charge in [0.1, 0.15) is 5.82 Å². The fourth-order valence-corrected chi connectivity index (χ4v) is 1.76. The summed E-state index contributed by atoms with van der Waals surface area (Å²) >= 11 is 3.36. The number of rotatable bonds is 1. The van der Waals surface area contributed by atoms with Crippen molar-refractivity contribution in [3.05, 3.63) is 41.8 Å². The van der Waals surface area contributed by atoms with E-state index in [1.165, 1.54) is 12.3 Å².